The molecule has 2 rings (SSSR count). The molecule has 0 unspecified atom stereocenters. The van der Waals surface area contributed by atoms with Crippen LogP contribution in [0.25, 0.3) is 0 Å². The summed E-state index contributed by atoms with van der Waals surface area (Å²) in [6.07, 6.45) is 3.87. The number of piperidine rings is 1. The van der Waals surface area contributed by atoms with Gasteiger partial charge in [0.25, 0.3) is 0 Å². The molecule has 5 heteroatoms. The molecule has 0 spiro atoms. The predicted molar refractivity (Wildman–Crippen MR) is 91.6 cm³/mol. The molecule has 0 atom stereocenters. The summed E-state index contributed by atoms with van der Waals surface area (Å²) in [5.41, 5.74) is 0.981. The third-order valence-electron chi connectivity index (χ3n) is 5.27. The molecule has 23 heavy (non-hydrogen) atoms. The zero-order chi connectivity index (χ0) is 17.1. The van der Waals surface area contributed by atoms with E-state index in [2.05, 4.69) is 24.8 Å². The van der Waals surface area contributed by atoms with Gasteiger partial charge in [0.15, 0.2) is 9.84 Å². The maximum absolute atomic E-state index is 11.9. The highest BCUT2D eigenvalue weighted by molar-refractivity contribution is 7.90. The molecular formula is C18H26N2O2S. The second-order valence-electron chi connectivity index (χ2n) is 7.01. The quantitative estimate of drug-likeness (QED) is 0.829. The monoisotopic (exact) mass is 334 g/mol. The molecule has 0 aliphatic carbocycles. The SMILES string of the molecule is CC(C)C1(CC#N)CCN(Cc2ccccc2S(C)(=O)=O)CC1. The summed E-state index contributed by atoms with van der Waals surface area (Å²) in [4.78, 5) is 2.74. The van der Waals surface area contributed by atoms with E-state index in [0.717, 1.165) is 31.5 Å². The van der Waals surface area contributed by atoms with Gasteiger partial charge in [-0.25, -0.2) is 8.42 Å². The molecule has 0 radical (unpaired) electrons. The highest BCUT2D eigenvalue weighted by atomic mass is 32.2. The molecular weight excluding hydrogens is 308 g/mol. The molecule has 0 amide bonds. The van der Waals surface area contributed by atoms with Crippen molar-refractivity contribution in [3.63, 3.8) is 0 Å². The second-order valence-corrected chi connectivity index (χ2v) is 8.99. The lowest BCUT2D eigenvalue weighted by Crippen LogP contribution is -2.42. The largest absolute Gasteiger partial charge is 0.299 e. The molecule has 0 bridgehead atoms. The minimum atomic E-state index is -3.20. The van der Waals surface area contributed by atoms with Gasteiger partial charge in [-0.15, -0.1) is 0 Å². The maximum atomic E-state index is 11.9. The number of sulfone groups is 1. The number of likely N-dealkylation sites (tertiary alicyclic amines) is 1. The molecule has 1 fully saturated rings. The van der Waals surface area contributed by atoms with E-state index in [0.29, 0.717) is 23.8 Å². The third kappa shape index (κ3) is 4.13. The standard InChI is InChI=1S/C18H26N2O2S/c1-15(2)18(8-11-19)9-12-20(13-10-18)14-16-6-4-5-7-17(16)23(3,21)22/h4-7,15H,8-10,12-14H2,1-3H3. The first-order valence-electron chi connectivity index (χ1n) is 8.16. The molecule has 1 aromatic rings. The fourth-order valence-electron chi connectivity index (χ4n) is 3.51. The smallest absolute Gasteiger partial charge is 0.175 e. The summed E-state index contributed by atoms with van der Waals surface area (Å²) < 4.78 is 23.8. The van der Waals surface area contributed by atoms with Gasteiger partial charge in [0.05, 0.1) is 11.0 Å². The van der Waals surface area contributed by atoms with Crippen molar-refractivity contribution in [2.75, 3.05) is 19.3 Å². The first-order valence-corrected chi connectivity index (χ1v) is 10.0. The van der Waals surface area contributed by atoms with E-state index in [-0.39, 0.29) is 5.41 Å². The number of nitrogens with zero attached hydrogens (tertiary/aromatic N) is 2. The Labute approximate surface area is 140 Å². The van der Waals surface area contributed by atoms with Crippen molar-refractivity contribution < 1.29 is 8.42 Å². The lowest BCUT2D eigenvalue weighted by atomic mass is 9.68. The minimum Gasteiger partial charge on any atom is -0.299 e. The number of hydrogen-bond donors (Lipinski definition) is 0. The molecule has 1 heterocycles. The van der Waals surface area contributed by atoms with Gasteiger partial charge < -0.3 is 0 Å². The average Bonchev–Trinajstić information content (AvgIpc) is 2.49. The lowest BCUT2D eigenvalue weighted by molar-refractivity contribution is 0.0613. The Balaban J connectivity index is 2.10. The van der Waals surface area contributed by atoms with Crippen molar-refractivity contribution in [3.8, 4) is 6.07 Å². The van der Waals surface area contributed by atoms with Gasteiger partial charge in [0.2, 0.25) is 0 Å². The minimum absolute atomic E-state index is 0.113. The molecule has 126 valence electrons. The van der Waals surface area contributed by atoms with E-state index in [9.17, 15) is 8.42 Å². The zero-order valence-corrected chi connectivity index (χ0v) is 15.1. The predicted octanol–water partition coefficient (Wildman–Crippen LogP) is 3.24. The summed E-state index contributed by atoms with van der Waals surface area (Å²) in [5.74, 6) is 0.493. The van der Waals surface area contributed by atoms with Crippen LogP contribution in [-0.2, 0) is 16.4 Å². The van der Waals surface area contributed by atoms with Crippen molar-refractivity contribution in [2.45, 2.75) is 44.6 Å². The van der Waals surface area contributed by atoms with E-state index in [4.69, 9.17) is 5.26 Å². The number of rotatable bonds is 5. The van der Waals surface area contributed by atoms with E-state index in [1.54, 1.807) is 12.1 Å². The first kappa shape index (κ1) is 18.0. The van der Waals surface area contributed by atoms with Crippen LogP contribution in [0.15, 0.2) is 29.2 Å². The van der Waals surface area contributed by atoms with Crippen molar-refractivity contribution in [1.29, 1.82) is 5.26 Å². The summed E-state index contributed by atoms with van der Waals surface area (Å²) >= 11 is 0. The van der Waals surface area contributed by atoms with E-state index in [1.807, 2.05) is 12.1 Å². The summed E-state index contributed by atoms with van der Waals surface area (Å²) in [6.45, 7) is 6.89. The molecule has 0 saturated carbocycles. The maximum Gasteiger partial charge on any atom is 0.175 e. The molecule has 4 nitrogen and oxygen atoms in total. The van der Waals surface area contributed by atoms with Crippen molar-refractivity contribution >= 4 is 9.84 Å². The van der Waals surface area contributed by atoms with Crippen LogP contribution in [0.3, 0.4) is 0 Å². The summed E-state index contributed by atoms with van der Waals surface area (Å²) in [6, 6.07) is 9.60. The molecule has 1 aliphatic heterocycles. The normalized spacial score (nSPS) is 18.7. The van der Waals surface area contributed by atoms with Crippen LogP contribution in [0.4, 0.5) is 0 Å². The average molecular weight is 334 g/mol. The topological polar surface area (TPSA) is 61.2 Å². The Hall–Kier alpha value is -1.38. The van der Waals surface area contributed by atoms with Crippen LogP contribution >= 0.6 is 0 Å². The number of benzene rings is 1. The molecule has 1 aromatic carbocycles. The van der Waals surface area contributed by atoms with Crippen LogP contribution in [-0.4, -0.2) is 32.7 Å². The first-order chi connectivity index (χ1) is 10.8. The zero-order valence-electron chi connectivity index (χ0n) is 14.2. The van der Waals surface area contributed by atoms with Gasteiger partial charge in [-0.2, -0.15) is 5.26 Å². The van der Waals surface area contributed by atoms with Gasteiger partial charge in [-0.3, -0.25) is 4.90 Å². The van der Waals surface area contributed by atoms with Crippen LogP contribution in [0, 0.1) is 22.7 Å². The van der Waals surface area contributed by atoms with Gasteiger partial charge in [0.1, 0.15) is 0 Å². The van der Waals surface area contributed by atoms with Crippen LogP contribution < -0.4 is 0 Å². The second kappa shape index (κ2) is 7.02. The number of nitriles is 1. The highest BCUT2D eigenvalue weighted by Crippen LogP contribution is 2.42. The van der Waals surface area contributed by atoms with Crippen molar-refractivity contribution in [1.82, 2.24) is 4.90 Å². The summed E-state index contributed by atoms with van der Waals surface area (Å²) in [7, 11) is -3.20. The Morgan fingerprint density at radius 2 is 1.87 bits per heavy atom. The Bertz CT molecular complexity index is 681. The third-order valence-corrected chi connectivity index (χ3v) is 6.47. The van der Waals surface area contributed by atoms with Gasteiger partial charge >= 0.3 is 0 Å². The molecule has 1 aliphatic rings. The fourth-order valence-corrected chi connectivity index (χ4v) is 4.44. The van der Waals surface area contributed by atoms with E-state index < -0.39 is 9.84 Å². The van der Waals surface area contributed by atoms with Crippen LogP contribution in [0.5, 0.6) is 0 Å². The summed E-state index contributed by atoms with van der Waals surface area (Å²) in [5, 5.41) is 9.13. The van der Waals surface area contributed by atoms with Gasteiger partial charge in [-0.05, 0) is 48.9 Å². The fraction of sp³-hybridized carbons (Fsp3) is 0.611. The van der Waals surface area contributed by atoms with Crippen LogP contribution in [0.1, 0.15) is 38.7 Å². The Kier molecular flexibility index (Phi) is 5.49. The molecule has 0 N–H and O–H groups in total. The van der Waals surface area contributed by atoms with E-state index >= 15 is 0 Å². The van der Waals surface area contributed by atoms with Crippen molar-refractivity contribution in [3.05, 3.63) is 29.8 Å². The van der Waals surface area contributed by atoms with Crippen molar-refractivity contribution in [2.24, 2.45) is 11.3 Å². The van der Waals surface area contributed by atoms with Gasteiger partial charge in [-0.1, -0.05) is 32.0 Å². The highest BCUT2D eigenvalue weighted by Gasteiger charge is 2.37. The van der Waals surface area contributed by atoms with Gasteiger partial charge in [0, 0.05) is 19.2 Å². The Morgan fingerprint density at radius 1 is 1.26 bits per heavy atom. The lowest BCUT2D eigenvalue weighted by Gasteiger charge is -2.43. The molecule has 1 saturated heterocycles. The van der Waals surface area contributed by atoms with Crippen LogP contribution in [0.2, 0.25) is 0 Å². The molecule has 0 aromatic heterocycles. The van der Waals surface area contributed by atoms with E-state index in [1.165, 1.54) is 6.26 Å². The number of hydrogen-bond acceptors (Lipinski definition) is 4. The Morgan fingerprint density at radius 3 is 2.39 bits per heavy atom.